The molecule has 6 heteroatoms. The Hall–Kier alpha value is -1.84. The van der Waals surface area contributed by atoms with Crippen LogP contribution in [0.4, 0.5) is 5.82 Å². The van der Waals surface area contributed by atoms with E-state index in [-0.39, 0.29) is 12.0 Å². The van der Waals surface area contributed by atoms with Crippen molar-refractivity contribution in [2.45, 2.75) is 58.6 Å². The maximum atomic E-state index is 12.6. The van der Waals surface area contributed by atoms with Crippen molar-refractivity contribution in [2.24, 2.45) is 0 Å². The van der Waals surface area contributed by atoms with Gasteiger partial charge in [0.2, 0.25) is 0 Å². The van der Waals surface area contributed by atoms with Gasteiger partial charge in [0.15, 0.2) is 6.54 Å². The van der Waals surface area contributed by atoms with Crippen molar-refractivity contribution in [3.63, 3.8) is 0 Å². The molecule has 1 aromatic heterocycles. The Morgan fingerprint density at radius 1 is 1.32 bits per heavy atom. The predicted molar refractivity (Wildman–Crippen MR) is 95.6 cm³/mol. The number of carbonyl (C=O) groups is 1. The van der Waals surface area contributed by atoms with Crippen molar-refractivity contribution in [3.8, 4) is 6.07 Å². The van der Waals surface area contributed by atoms with Crippen molar-refractivity contribution < 1.29 is 14.4 Å². The van der Waals surface area contributed by atoms with Crippen LogP contribution in [0.1, 0.15) is 48.9 Å². The number of piperidine rings is 1. The van der Waals surface area contributed by atoms with Gasteiger partial charge in [-0.15, -0.1) is 0 Å². The van der Waals surface area contributed by atoms with Crippen molar-refractivity contribution in [1.82, 2.24) is 4.57 Å². The third kappa shape index (κ3) is 4.05. The summed E-state index contributed by atoms with van der Waals surface area (Å²) >= 11 is 0. The minimum atomic E-state index is -0.000472. The third-order valence-electron chi connectivity index (χ3n) is 5.58. The molecule has 2 N–H and O–H groups in total. The van der Waals surface area contributed by atoms with E-state index in [1.165, 1.54) is 24.2 Å². The van der Waals surface area contributed by atoms with Gasteiger partial charge in [0.25, 0.3) is 5.91 Å². The third-order valence-corrected chi connectivity index (χ3v) is 5.58. The number of likely N-dealkylation sites (tertiary alicyclic amines) is 1. The quantitative estimate of drug-likeness (QED) is 0.841. The largest absolute Gasteiger partial charge is 0.376 e. The van der Waals surface area contributed by atoms with Crippen LogP contribution in [0.15, 0.2) is 0 Å². The van der Waals surface area contributed by atoms with Crippen LogP contribution in [-0.4, -0.2) is 42.8 Å². The number of anilines is 1. The van der Waals surface area contributed by atoms with Crippen LogP contribution in [0.2, 0.25) is 0 Å². The number of quaternary nitrogens is 1. The summed E-state index contributed by atoms with van der Waals surface area (Å²) in [7, 11) is 0. The van der Waals surface area contributed by atoms with Gasteiger partial charge in [-0.1, -0.05) is 0 Å². The van der Waals surface area contributed by atoms with Crippen LogP contribution in [-0.2, 0) is 16.1 Å². The van der Waals surface area contributed by atoms with Gasteiger partial charge in [0.05, 0.1) is 31.3 Å². The number of hydrogen-bond donors (Lipinski definition) is 2. The lowest BCUT2D eigenvalue weighted by atomic mass is 10.1. The molecule has 0 aliphatic carbocycles. The Kier molecular flexibility index (Phi) is 5.77. The van der Waals surface area contributed by atoms with E-state index < -0.39 is 0 Å². The first-order valence-electron chi connectivity index (χ1n) is 9.45. The first-order chi connectivity index (χ1) is 12.1. The number of amides is 1. The molecular formula is C19H29N4O2+. The van der Waals surface area contributed by atoms with Crippen LogP contribution in [0.25, 0.3) is 0 Å². The average Bonchev–Trinajstić information content (AvgIpc) is 3.19. The summed E-state index contributed by atoms with van der Waals surface area (Å²) < 4.78 is 7.82. The first kappa shape index (κ1) is 18.0. The zero-order valence-electron chi connectivity index (χ0n) is 15.4. The Labute approximate surface area is 149 Å². The van der Waals surface area contributed by atoms with Gasteiger partial charge in [0.1, 0.15) is 11.9 Å². The van der Waals surface area contributed by atoms with E-state index in [1.807, 2.05) is 13.8 Å². The van der Waals surface area contributed by atoms with Crippen LogP contribution in [0.3, 0.4) is 0 Å². The second-order valence-electron chi connectivity index (χ2n) is 7.33. The van der Waals surface area contributed by atoms with Gasteiger partial charge in [-0.3, -0.25) is 4.79 Å². The fourth-order valence-electron chi connectivity index (χ4n) is 3.98. The molecule has 0 spiro atoms. The van der Waals surface area contributed by atoms with Gasteiger partial charge >= 0.3 is 0 Å². The zero-order valence-corrected chi connectivity index (χ0v) is 15.4. The number of aromatic nitrogens is 1. The highest BCUT2D eigenvalue weighted by Gasteiger charge is 2.25. The molecular weight excluding hydrogens is 316 g/mol. The zero-order chi connectivity index (χ0) is 17.8. The number of carbonyl (C=O) groups excluding carboxylic acids is 1. The molecule has 0 aromatic carbocycles. The van der Waals surface area contributed by atoms with Gasteiger partial charge < -0.3 is 19.5 Å². The molecule has 6 nitrogen and oxygen atoms in total. The SMILES string of the molecule is Cc1c(C#N)c(NC(=O)C[NH+]2CCCCC2)n(C[C@@H]2CCCO2)c1C. The molecule has 0 saturated carbocycles. The Morgan fingerprint density at radius 3 is 2.72 bits per heavy atom. The first-order valence-corrected chi connectivity index (χ1v) is 9.45. The minimum absolute atomic E-state index is 0.000472. The van der Waals surface area contributed by atoms with Gasteiger partial charge in [0, 0.05) is 12.3 Å². The highest BCUT2D eigenvalue weighted by atomic mass is 16.5. The summed E-state index contributed by atoms with van der Waals surface area (Å²) in [6.45, 7) is 8.06. The molecule has 2 aliphatic rings. The van der Waals surface area contributed by atoms with E-state index in [2.05, 4.69) is 16.0 Å². The Bertz CT molecular complexity index is 662. The summed E-state index contributed by atoms with van der Waals surface area (Å²) in [5.41, 5.74) is 2.56. The monoisotopic (exact) mass is 345 g/mol. The number of nitriles is 1. The standard InChI is InChI=1S/C19H28N4O2/c1-14-15(2)23(12-16-7-6-10-25-16)19(17(14)11-20)21-18(24)13-22-8-4-3-5-9-22/h16H,3-10,12-13H2,1-2H3,(H,21,24)/p+1/t16-/m0/s1. The smallest absolute Gasteiger partial charge is 0.280 e. The van der Waals surface area contributed by atoms with Crippen LogP contribution in [0.5, 0.6) is 0 Å². The van der Waals surface area contributed by atoms with E-state index in [0.717, 1.165) is 43.8 Å². The van der Waals surface area contributed by atoms with Gasteiger partial charge in [-0.25, -0.2) is 0 Å². The fourth-order valence-corrected chi connectivity index (χ4v) is 3.98. The van der Waals surface area contributed by atoms with E-state index in [1.54, 1.807) is 0 Å². The number of hydrogen-bond acceptors (Lipinski definition) is 3. The molecule has 3 rings (SSSR count). The van der Waals surface area contributed by atoms with Gasteiger partial charge in [-0.2, -0.15) is 5.26 Å². The summed E-state index contributed by atoms with van der Waals surface area (Å²) in [5.74, 6) is 0.647. The van der Waals surface area contributed by atoms with Crippen molar-refractivity contribution in [1.29, 1.82) is 5.26 Å². The molecule has 136 valence electrons. The molecule has 0 radical (unpaired) electrons. The lowest BCUT2D eigenvalue weighted by molar-refractivity contribution is -0.896. The van der Waals surface area contributed by atoms with E-state index in [4.69, 9.17) is 4.74 Å². The molecule has 1 amide bonds. The molecule has 1 aromatic rings. The summed E-state index contributed by atoms with van der Waals surface area (Å²) in [5, 5.41) is 12.6. The summed E-state index contributed by atoms with van der Waals surface area (Å²) in [4.78, 5) is 13.9. The van der Waals surface area contributed by atoms with Crippen molar-refractivity contribution >= 4 is 11.7 Å². The highest BCUT2D eigenvalue weighted by Crippen LogP contribution is 2.28. The lowest BCUT2D eigenvalue weighted by Crippen LogP contribution is -3.13. The molecule has 25 heavy (non-hydrogen) atoms. The predicted octanol–water partition coefficient (Wildman–Crippen LogP) is 1.16. The topological polar surface area (TPSA) is 71.5 Å². The van der Waals surface area contributed by atoms with Crippen LogP contribution in [0, 0.1) is 25.2 Å². The maximum Gasteiger partial charge on any atom is 0.280 e. The van der Waals surface area contributed by atoms with E-state index >= 15 is 0 Å². The summed E-state index contributed by atoms with van der Waals surface area (Å²) in [6.07, 6.45) is 5.94. The van der Waals surface area contributed by atoms with Crippen LogP contribution >= 0.6 is 0 Å². The minimum Gasteiger partial charge on any atom is -0.376 e. The Morgan fingerprint density at radius 2 is 2.08 bits per heavy atom. The second-order valence-corrected chi connectivity index (χ2v) is 7.33. The molecule has 2 fully saturated rings. The van der Waals surface area contributed by atoms with Gasteiger partial charge in [-0.05, 0) is 51.5 Å². The van der Waals surface area contributed by atoms with Crippen LogP contribution < -0.4 is 10.2 Å². The molecule has 0 unspecified atom stereocenters. The highest BCUT2D eigenvalue weighted by molar-refractivity contribution is 5.92. The Balaban J connectivity index is 1.76. The molecule has 0 bridgehead atoms. The van der Waals surface area contributed by atoms with E-state index in [0.29, 0.717) is 24.5 Å². The number of rotatable bonds is 5. The number of ether oxygens (including phenoxy) is 1. The molecule has 2 aliphatic heterocycles. The van der Waals surface area contributed by atoms with Crippen molar-refractivity contribution in [2.75, 3.05) is 31.6 Å². The second kappa shape index (κ2) is 8.03. The van der Waals surface area contributed by atoms with Crippen molar-refractivity contribution in [3.05, 3.63) is 16.8 Å². The fraction of sp³-hybridized carbons (Fsp3) is 0.684. The summed E-state index contributed by atoms with van der Waals surface area (Å²) in [6, 6.07) is 2.28. The molecule has 3 heterocycles. The maximum absolute atomic E-state index is 12.6. The number of nitrogens with one attached hydrogen (secondary N) is 2. The lowest BCUT2D eigenvalue weighted by Gasteiger charge is -2.23. The number of nitrogens with zero attached hydrogens (tertiary/aromatic N) is 2. The molecule has 1 atom stereocenters. The van der Waals surface area contributed by atoms with E-state index in [9.17, 15) is 10.1 Å². The average molecular weight is 345 g/mol. The molecule has 2 saturated heterocycles. The normalized spacial score (nSPS) is 21.2.